The van der Waals surface area contributed by atoms with E-state index in [1.165, 1.54) is 6.42 Å². The van der Waals surface area contributed by atoms with Crippen LogP contribution < -0.4 is 15.2 Å². The molecule has 0 spiro atoms. The summed E-state index contributed by atoms with van der Waals surface area (Å²) in [5.41, 5.74) is 6.03. The molecule has 2 rings (SSSR count). The summed E-state index contributed by atoms with van der Waals surface area (Å²) in [6, 6.07) is 3.52. The molecule has 2 N–H and O–H groups in total. The quantitative estimate of drug-likeness (QED) is 0.816. The minimum atomic E-state index is 0.00971. The summed E-state index contributed by atoms with van der Waals surface area (Å²) in [5.74, 6) is 1.29. The molecule has 0 unspecified atom stereocenters. The zero-order valence-electron chi connectivity index (χ0n) is 10.9. The SMILES string of the molecule is COc1cc(Br)c(C(=O)CCN)cc1OC1CCC1. The Bertz CT molecular complexity index is 472. The molecule has 104 valence electrons. The molecular weight excluding hydrogens is 310 g/mol. The van der Waals surface area contributed by atoms with Crippen molar-refractivity contribution in [3.05, 3.63) is 22.2 Å². The number of halogens is 1. The van der Waals surface area contributed by atoms with Crippen LogP contribution in [0.4, 0.5) is 0 Å². The van der Waals surface area contributed by atoms with E-state index in [1.807, 2.05) is 0 Å². The number of benzene rings is 1. The van der Waals surface area contributed by atoms with E-state index < -0.39 is 0 Å². The van der Waals surface area contributed by atoms with Crippen LogP contribution in [0.15, 0.2) is 16.6 Å². The van der Waals surface area contributed by atoms with Crippen molar-refractivity contribution < 1.29 is 14.3 Å². The number of rotatable bonds is 6. The van der Waals surface area contributed by atoms with Crippen molar-refractivity contribution in [2.45, 2.75) is 31.8 Å². The Balaban J connectivity index is 2.28. The number of carbonyl (C=O) groups excluding carboxylic acids is 1. The molecule has 0 radical (unpaired) electrons. The van der Waals surface area contributed by atoms with Gasteiger partial charge < -0.3 is 15.2 Å². The summed E-state index contributed by atoms with van der Waals surface area (Å²) in [4.78, 5) is 12.0. The van der Waals surface area contributed by atoms with Gasteiger partial charge in [0.25, 0.3) is 0 Å². The summed E-state index contributed by atoms with van der Waals surface area (Å²) in [6.07, 6.45) is 3.89. The smallest absolute Gasteiger partial charge is 0.165 e. The van der Waals surface area contributed by atoms with Gasteiger partial charge in [0.05, 0.1) is 13.2 Å². The monoisotopic (exact) mass is 327 g/mol. The zero-order chi connectivity index (χ0) is 13.8. The number of methoxy groups -OCH3 is 1. The second kappa shape index (κ2) is 6.39. The molecule has 0 atom stereocenters. The first kappa shape index (κ1) is 14.3. The first-order chi connectivity index (χ1) is 9.15. The number of carbonyl (C=O) groups is 1. The summed E-state index contributed by atoms with van der Waals surface area (Å²) in [6.45, 7) is 0.343. The number of hydrogen-bond donors (Lipinski definition) is 1. The predicted octanol–water partition coefficient (Wildman–Crippen LogP) is 2.92. The third-order valence-corrected chi connectivity index (χ3v) is 3.93. The van der Waals surface area contributed by atoms with Gasteiger partial charge in [-0.3, -0.25) is 4.79 Å². The fraction of sp³-hybridized carbons (Fsp3) is 0.500. The lowest BCUT2D eigenvalue weighted by Gasteiger charge is -2.27. The minimum absolute atomic E-state index is 0.00971. The van der Waals surface area contributed by atoms with Crippen LogP contribution in [-0.4, -0.2) is 25.5 Å². The number of ether oxygens (including phenoxy) is 2. The van der Waals surface area contributed by atoms with Gasteiger partial charge in [0.2, 0.25) is 0 Å². The van der Waals surface area contributed by atoms with Crippen LogP contribution in [0.1, 0.15) is 36.0 Å². The van der Waals surface area contributed by atoms with Gasteiger partial charge in [-0.25, -0.2) is 0 Å². The Morgan fingerprint density at radius 3 is 2.68 bits per heavy atom. The van der Waals surface area contributed by atoms with E-state index in [0.29, 0.717) is 34.5 Å². The summed E-state index contributed by atoms with van der Waals surface area (Å²) >= 11 is 3.39. The summed E-state index contributed by atoms with van der Waals surface area (Å²) in [5, 5.41) is 0. The lowest BCUT2D eigenvalue weighted by Crippen LogP contribution is -2.25. The molecule has 0 aromatic heterocycles. The predicted molar refractivity (Wildman–Crippen MR) is 77.0 cm³/mol. The van der Waals surface area contributed by atoms with Crippen LogP contribution >= 0.6 is 15.9 Å². The molecule has 0 amide bonds. The van der Waals surface area contributed by atoms with Crippen LogP contribution in [0.5, 0.6) is 11.5 Å². The molecule has 4 nitrogen and oxygen atoms in total. The molecule has 0 saturated heterocycles. The molecule has 1 fully saturated rings. The van der Waals surface area contributed by atoms with Crippen LogP contribution in [0.2, 0.25) is 0 Å². The molecule has 1 aliphatic rings. The molecule has 19 heavy (non-hydrogen) atoms. The van der Waals surface area contributed by atoms with E-state index in [2.05, 4.69) is 15.9 Å². The molecule has 1 aliphatic carbocycles. The van der Waals surface area contributed by atoms with E-state index in [1.54, 1.807) is 19.2 Å². The molecule has 1 aromatic carbocycles. The van der Waals surface area contributed by atoms with E-state index in [9.17, 15) is 4.79 Å². The largest absolute Gasteiger partial charge is 0.493 e. The molecule has 0 heterocycles. The van der Waals surface area contributed by atoms with Gasteiger partial charge in [-0.05, 0) is 53.9 Å². The highest BCUT2D eigenvalue weighted by atomic mass is 79.9. The van der Waals surface area contributed by atoms with Crippen molar-refractivity contribution in [3.8, 4) is 11.5 Å². The Kier molecular flexibility index (Phi) is 4.82. The van der Waals surface area contributed by atoms with E-state index >= 15 is 0 Å². The van der Waals surface area contributed by atoms with Crippen molar-refractivity contribution in [3.63, 3.8) is 0 Å². The first-order valence-corrected chi connectivity index (χ1v) is 7.22. The lowest BCUT2D eigenvalue weighted by molar-refractivity contribution is 0.0979. The van der Waals surface area contributed by atoms with Gasteiger partial charge >= 0.3 is 0 Å². The highest BCUT2D eigenvalue weighted by molar-refractivity contribution is 9.10. The third kappa shape index (κ3) is 3.28. The maximum absolute atomic E-state index is 12.0. The van der Waals surface area contributed by atoms with Crippen molar-refractivity contribution in [2.75, 3.05) is 13.7 Å². The van der Waals surface area contributed by atoms with E-state index in [0.717, 1.165) is 12.8 Å². The van der Waals surface area contributed by atoms with Gasteiger partial charge in [-0.15, -0.1) is 0 Å². The molecular formula is C14H18BrNO3. The molecule has 0 bridgehead atoms. The topological polar surface area (TPSA) is 61.5 Å². The van der Waals surface area contributed by atoms with Crippen molar-refractivity contribution in [1.29, 1.82) is 0 Å². The van der Waals surface area contributed by atoms with Crippen molar-refractivity contribution in [2.24, 2.45) is 5.73 Å². The van der Waals surface area contributed by atoms with E-state index in [4.69, 9.17) is 15.2 Å². The van der Waals surface area contributed by atoms with Gasteiger partial charge in [-0.1, -0.05) is 0 Å². The first-order valence-electron chi connectivity index (χ1n) is 6.43. The second-order valence-electron chi connectivity index (χ2n) is 4.62. The zero-order valence-corrected chi connectivity index (χ0v) is 12.5. The van der Waals surface area contributed by atoms with Crippen LogP contribution in [0.25, 0.3) is 0 Å². The average Bonchev–Trinajstić information content (AvgIpc) is 2.34. The Morgan fingerprint density at radius 2 is 2.16 bits per heavy atom. The minimum Gasteiger partial charge on any atom is -0.493 e. The number of Topliss-reactive ketones (excluding diaryl/α,β-unsaturated/α-hetero) is 1. The Labute approximate surface area is 121 Å². The maximum atomic E-state index is 12.0. The summed E-state index contributed by atoms with van der Waals surface area (Å²) < 4.78 is 11.9. The number of hydrogen-bond acceptors (Lipinski definition) is 4. The Morgan fingerprint density at radius 1 is 1.42 bits per heavy atom. The molecule has 0 aliphatic heterocycles. The van der Waals surface area contributed by atoms with Crippen LogP contribution in [0, 0.1) is 0 Å². The number of ketones is 1. The van der Waals surface area contributed by atoms with Crippen molar-refractivity contribution in [1.82, 2.24) is 0 Å². The fourth-order valence-electron chi connectivity index (χ4n) is 1.93. The highest BCUT2D eigenvalue weighted by Crippen LogP contribution is 2.36. The highest BCUT2D eigenvalue weighted by Gasteiger charge is 2.22. The van der Waals surface area contributed by atoms with Gasteiger partial charge in [0.1, 0.15) is 0 Å². The van der Waals surface area contributed by atoms with Gasteiger partial charge in [0, 0.05) is 16.5 Å². The lowest BCUT2D eigenvalue weighted by atomic mass is 9.96. The normalized spacial score (nSPS) is 14.9. The van der Waals surface area contributed by atoms with E-state index in [-0.39, 0.29) is 11.9 Å². The van der Waals surface area contributed by atoms with Crippen LogP contribution in [0.3, 0.4) is 0 Å². The standard InChI is InChI=1S/C14H18BrNO3/c1-18-13-8-11(15)10(12(17)5-6-16)7-14(13)19-9-3-2-4-9/h7-9H,2-6,16H2,1H3. The molecule has 1 saturated carbocycles. The van der Waals surface area contributed by atoms with Gasteiger partial charge in [0.15, 0.2) is 17.3 Å². The molecule has 1 aromatic rings. The van der Waals surface area contributed by atoms with Crippen LogP contribution in [-0.2, 0) is 0 Å². The number of nitrogens with two attached hydrogens (primary N) is 1. The summed E-state index contributed by atoms with van der Waals surface area (Å²) in [7, 11) is 1.59. The Hall–Kier alpha value is -1.07. The molecule has 5 heteroatoms. The average molecular weight is 328 g/mol. The maximum Gasteiger partial charge on any atom is 0.165 e. The fourth-order valence-corrected chi connectivity index (χ4v) is 2.48. The third-order valence-electron chi connectivity index (χ3n) is 3.27. The second-order valence-corrected chi connectivity index (χ2v) is 5.47. The van der Waals surface area contributed by atoms with Crippen molar-refractivity contribution >= 4 is 21.7 Å². The van der Waals surface area contributed by atoms with Gasteiger partial charge in [-0.2, -0.15) is 0 Å².